The number of nitro groups is 1. The molecule has 0 aliphatic carbocycles. The number of hydrogen-bond acceptors (Lipinski definition) is 3. The Morgan fingerprint density at radius 2 is 1.32 bits per heavy atom. The molecule has 1 N–H and O–H groups in total. The molecule has 0 rings (SSSR count). The first-order valence-corrected chi connectivity index (χ1v) is 8.46. The van der Waals surface area contributed by atoms with Gasteiger partial charge in [-0.05, 0) is 6.42 Å². The Hall–Kier alpha value is 0.506. The Morgan fingerprint density at radius 3 is 1.64 bits per heavy atom. The molecule has 1 atom stereocenters. The van der Waals surface area contributed by atoms with Crippen molar-refractivity contribution in [2.24, 2.45) is 0 Å². The number of carboxylic acid groups (broad SMARTS) is 1. The average Bonchev–Trinajstić information content (AvgIpc) is 2.43. The molecule has 0 fully saturated rings. The molecule has 22 heavy (non-hydrogen) atoms. The van der Waals surface area contributed by atoms with Crippen LogP contribution < -0.4 is 51.4 Å². The van der Waals surface area contributed by atoms with Gasteiger partial charge in [-0.3, -0.25) is 10.1 Å². The fourth-order valence-corrected chi connectivity index (χ4v) is 2.50. The summed E-state index contributed by atoms with van der Waals surface area (Å²) in [6, 6.07) is -1.42. The fraction of sp³-hybridized carbons (Fsp3) is 0.938. The average molecular weight is 342 g/mol. The van der Waals surface area contributed by atoms with E-state index in [0.717, 1.165) is 19.3 Å². The molecule has 6 heteroatoms. The molecule has 0 heterocycles. The largest absolute Gasteiger partial charge is 1.00 e. The van der Waals surface area contributed by atoms with E-state index in [9.17, 15) is 14.9 Å². The second kappa shape index (κ2) is 17.9. The summed E-state index contributed by atoms with van der Waals surface area (Å²) in [5, 5.41) is 19.2. The molecule has 0 aromatic rings. The molecule has 0 saturated carbocycles. The number of unbranched alkanes of at least 4 members (excludes halogenated alkanes) is 11. The van der Waals surface area contributed by atoms with E-state index in [2.05, 4.69) is 6.92 Å². The SMILES string of the molecule is CCCCCCCCCCCCCCC(C(=O)O)[N+](=O)[O-].[H-].[K+]. The van der Waals surface area contributed by atoms with E-state index in [1.807, 2.05) is 0 Å². The van der Waals surface area contributed by atoms with E-state index in [0.29, 0.717) is 6.42 Å². The van der Waals surface area contributed by atoms with Gasteiger partial charge < -0.3 is 6.53 Å². The molecule has 0 aliphatic rings. The van der Waals surface area contributed by atoms with Gasteiger partial charge in [-0.2, -0.15) is 0 Å². The van der Waals surface area contributed by atoms with Crippen LogP contribution in [0.15, 0.2) is 0 Å². The van der Waals surface area contributed by atoms with Crippen molar-refractivity contribution in [1.29, 1.82) is 0 Å². The van der Waals surface area contributed by atoms with E-state index in [-0.39, 0.29) is 59.2 Å². The topological polar surface area (TPSA) is 80.4 Å². The Bertz CT molecular complexity index is 279. The zero-order valence-corrected chi connectivity index (χ0v) is 17.5. The van der Waals surface area contributed by atoms with Crippen molar-refractivity contribution in [3.8, 4) is 0 Å². The molecule has 0 aromatic carbocycles. The van der Waals surface area contributed by atoms with Crippen molar-refractivity contribution in [1.82, 2.24) is 0 Å². The van der Waals surface area contributed by atoms with Crippen LogP contribution in [0.2, 0.25) is 0 Å². The van der Waals surface area contributed by atoms with Crippen LogP contribution in [-0.4, -0.2) is 22.0 Å². The molecular weight excluding hydrogens is 309 g/mol. The normalized spacial score (nSPS) is 11.7. The summed E-state index contributed by atoms with van der Waals surface area (Å²) in [5.74, 6) is -1.32. The van der Waals surface area contributed by atoms with Crippen LogP contribution in [0.4, 0.5) is 0 Å². The van der Waals surface area contributed by atoms with Gasteiger partial charge in [0.15, 0.2) is 0 Å². The number of carboxylic acids is 1. The number of nitrogens with zero attached hydrogens (tertiary/aromatic N) is 1. The Labute approximate surface area is 178 Å². The maximum Gasteiger partial charge on any atom is 1.00 e. The van der Waals surface area contributed by atoms with Gasteiger partial charge in [0.05, 0.1) is 0 Å². The quantitative estimate of drug-likeness (QED) is 0.214. The number of carbonyl (C=O) groups is 1. The minimum absolute atomic E-state index is 0. The molecule has 0 amide bonds. The Balaban J connectivity index is -0.00000200. The van der Waals surface area contributed by atoms with Crippen molar-refractivity contribution < 1.29 is 67.6 Å². The third-order valence-corrected chi connectivity index (χ3v) is 3.87. The van der Waals surface area contributed by atoms with Crippen LogP contribution in [-0.2, 0) is 4.79 Å². The third-order valence-electron chi connectivity index (χ3n) is 3.87. The van der Waals surface area contributed by atoms with Crippen LogP contribution in [0, 0.1) is 10.1 Å². The van der Waals surface area contributed by atoms with Gasteiger partial charge in [0, 0.05) is 11.3 Å². The second-order valence-corrected chi connectivity index (χ2v) is 5.82. The predicted molar refractivity (Wildman–Crippen MR) is 85.2 cm³/mol. The molecule has 0 radical (unpaired) electrons. The monoisotopic (exact) mass is 341 g/mol. The van der Waals surface area contributed by atoms with Crippen molar-refractivity contribution in [3.05, 3.63) is 10.1 Å². The molecule has 0 aliphatic heterocycles. The molecule has 0 saturated heterocycles. The third kappa shape index (κ3) is 15.4. The van der Waals surface area contributed by atoms with E-state index in [1.165, 1.54) is 51.4 Å². The van der Waals surface area contributed by atoms with Gasteiger partial charge in [-0.15, -0.1) is 0 Å². The standard InChI is InChI=1S/C16H31NO4.K.H/c1-2-3-4-5-6-7-8-9-10-11-12-13-14-15(16(18)19)17(20)21;;/h15H,2-14H2,1H3,(H,18,19);;/q;+1;-1. The van der Waals surface area contributed by atoms with Crippen LogP contribution in [0.1, 0.15) is 91.8 Å². The van der Waals surface area contributed by atoms with Crippen LogP contribution >= 0.6 is 0 Å². The zero-order chi connectivity index (χ0) is 15.9. The Morgan fingerprint density at radius 1 is 0.955 bits per heavy atom. The molecule has 0 aromatic heterocycles. The maximum atomic E-state index is 10.6. The van der Waals surface area contributed by atoms with Crippen LogP contribution in [0.25, 0.3) is 0 Å². The number of hydrogen-bond donors (Lipinski definition) is 1. The fourth-order valence-electron chi connectivity index (χ4n) is 2.50. The van der Waals surface area contributed by atoms with Crippen LogP contribution in [0.5, 0.6) is 0 Å². The van der Waals surface area contributed by atoms with Gasteiger partial charge in [-0.1, -0.05) is 77.6 Å². The van der Waals surface area contributed by atoms with Gasteiger partial charge in [0.2, 0.25) is 0 Å². The molecule has 0 bridgehead atoms. The van der Waals surface area contributed by atoms with Crippen molar-refractivity contribution >= 4 is 5.97 Å². The second-order valence-electron chi connectivity index (χ2n) is 5.82. The van der Waals surface area contributed by atoms with Gasteiger partial charge in [-0.25, -0.2) is 4.79 Å². The summed E-state index contributed by atoms with van der Waals surface area (Å²) in [7, 11) is 0. The minimum atomic E-state index is -1.42. The number of rotatable bonds is 15. The summed E-state index contributed by atoms with van der Waals surface area (Å²) >= 11 is 0. The van der Waals surface area contributed by atoms with Gasteiger partial charge in [0.25, 0.3) is 0 Å². The first kappa shape index (κ1) is 24.8. The molecule has 0 spiro atoms. The molecule has 5 nitrogen and oxygen atoms in total. The van der Waals surface area contributed by atoms with Crippen molar-refractivity contribution in [2.75, 3.05) is 0 Å². The molecule has 1 unspecified atom stereocenters. The van der Waals surface area contributed by atoms with Crippen molar-refractivity contribution in [3.63, 3.8) is 0 Å². The molecule has 126 valence electrons. The van der Waals surface area contributed by atoms with Crippen molar-refractivity contribution in [2.45, 2.75) is 96.4 Å². The van der Waals surface area contributed by atoms with E-state index >= 15 is 0 Å². The van der Waals surface area contributed by atoms with E-state index in [1.54, 1.807) is 0 Å². The van der Waals surface area contributed by atoms with E-state index < -0.39 is 16.9 Å². The van der Waals surface area contributed by atoms with Crippen LogP contribution in [0.3, 0.4) is 0 Å². The van der Waals surface area contributed by atoms with Gasteiger partial charge in [0.1, 0.15) is 0 Å². The summed E-state index contributed by atoms with van der Waals surface area (Å²) in [6.07, 6.45) is 14.4. The predicted octanol–water partition coefficient (Wildman–Crippen LogP) is 1.92. The van der Waals surface area contributed by atoms with E-state index in [4.69, 9.17) is 5.11 Å². The summed E-state index contributed by atoms with van der Waals surface area (Å²) < 4.78 is 0. The summed E-state index contributed by atoms with van der Waals surface area (Å²) in [5.41, 5.74) is 0. The maximum absolute atomic E-state index is 10.6. The minimum Gasteiger partial charge on any atom is -1.00 e. The molecular formula is C16H32KNO4. The zero-order valence-electron chi connectivity index (χ0n) is 15.4. The number of aliphatic carboxylic acids is 1. The van der Waals surface area contributed by atoms with Gasteiger partial charge >= 0.3 is 63.4 Å². The summed E-state index contributed by atoms with van der Waals surface area (Å²) in [6.45, 7) is 2.23. The first-order valence-electron chi connectivity index (χ1n) is 8.46. The smallest absolute Gasteiger partial charge is 1.00 e. The summed E-state index contributed by atoms with van der Waals surface area (Å²) in [4.78, 5) is 20.4. The first-order chi connectivity index (χ1) is 10.1. The Kier molecular flexibility index (Phi) is 20.1.